The second-order valence-electron chi connectivity index (χ2n) is 14.6. The highest BCUT2D eigenvalue weighted by Crippen LogP contribution is 2.38. The van der Waals surface area contributed by atoms with E-state index in [1.165, 1.54) is 0 Å². The fraction of sp³-hybridized carbons (Fsp3) is 0.413. The van der Waals surface area contributed by atoms with Crippen molar-refractivity contribution in [1.82, 2.24) is 10.6 Å². The molecule has 1 unspecified atom stereocenters. The monoisotopic (exact) mass is 746 g/mol. The maximum Gasteiger partial charge on any atom is 0.339 e. The predicted octanol–water partition coefficient (Wildman–Crippen LogP) is 8.23. The highest BCUT2D eigenvalue weighted by Gasteiger charge is 2.40. The van der Waals surface area contributed by atoms with Crippen molar-refractivity contribution in [1.29, 1.82) is 0 Å². The average Bonchev–Trinajstić information content (AvgIpc) is 3.24. The molecular weight excluding hydrogens is 693 g/mol. The summed E-state index contributed by atoms with van der Waals surface area (Å²) >= 11 is 0. The van der Waals surface area contributed by atoms with Gasteiger partial charge < -0.3 is 29.6 Å². The standard InChI is InChI=1S/C46H54N2O7/c1-2-3-12-33-52-43(50)40-17-10-11-18-41(40)44(51)55-46(27-31-48-32-28-46)38-22-19-35(20-23-38)36(34-53-39-15-8-5-9-16-39)21-24-42(49)54-45(25-29-47-30-26-45)37-13-6-4-7-14-37/h4-11,13-20,22-23,36,47-48H,2-3,12,21,24-34H2,1H3. The topological polar surface area (TPSA) is 112 Å². The average molecular weight is 747 g/mol. The van der Waals surface area contributed by atoms with E-state index in [9.17, 15) is 14.4 Å². The molecule has 55 heavy (non-hydrogen) atoms. The lowest BCUT2D eigenvalue weighted by molar-refractivity contribution is -0.164. The number of unbranched alkanes of at least 4 members (excludes halogenated alkanes) is 2. The van der Waals surface area contributed by atoms with Crippen molar-refractivity contribution in [2.75, 3.05) is 39.4 Å². The van der Waals surface area contributed by atoms with Crippen LogP contribution >= 0.6 is 0 Å². The number of piperidine rings is 2. The SMILES string of the molecule is CCCCCOC(=O)c1ccccc1C(=O)OC1(c2ccc(C(CCC(=O)OC3(c4ccccc4)CCNCC3)COc3ccccc3)cc2)CCNCC1. The Morgan fingerprint density at radius 1 is 0.636 bits per heavy atom. The molecule has 4 aromatic carbocycles. The first-order valence-electron chi connectivity index (χ1n) is 19.9. The van der Waals surface area contributed by atoms with E-state index in [1.807, 2.05) is 72.8 Å². The Hall–Kier alpha value is -4.99. The molecule has 9 nitrogen and oxygen atoms in total. The third kappa shape index (κ3) is 10.4. The Labute approximate surface area is 325 Å². The number of esters is 3. The number of para-hydroxylation sites is 1. The van der Waals surface area contributed by atoms with Crippen molar-refractivity contribution in [2.24, 2.45) is 0 Å². The summed E-state index contributed by atoms with van der Waals surface area (Å²) in [5.41, 5.74) is 1.79. The molecule has 2 aliphatic rings. The third-order valence-corrected chi connectivity index (χ3v) is 10.9. The molecule has 0 radical (unpaired) electrons. The molecule has 0 saturated carbocycles. The van der Waals surface area contributed by atoms with Gasteiger partial charge in [-0.1, -0.05) is 105 Å². The molecule has 0 bridgehead atoms. The van der Waals surface area contributed by atoms with Crippen LogP contribution in [0.3, 0.4) is 0 Å². The van der Waals surface area contributed by atoms with E-state index in [0.29, 0.717) is 45.6 Å². The number of carbonyl (C=O) groups is 3. The lowest BCUT2D eigenvalue weighted by Crippen LogP contribution is -2.43. The second-order valence-corrected chi connectivity index (χ2v) is 14.6. The van der Waals surface area contributed by atoms with Crippen LogP contribution in [0.15, 0.2) is 109 Å². The van der Waals surface area contributed by atoms with Crippen LogP contribution in [0.1, 0.15) is 108 Å². The summed E-state index contributed by atoms with van der Waals surface area (Å²) in [6.45, 7) is 5.69. The van der Waals surface area contributed by atoms with Crippen molar-refractivity contribution in [3.8, 4) is 5.75 Å². The molecule has 4 aromatic rings. The predicted molar refractivity (Wildman–Crippen MR) is 212 cm³/mol. The summed E-state index contributed by atoms with van der Waals surface area (Å²) in [7, 11) is 0. The van der Waals surface area contributed by atoms with Gasteiger partial charge in [0.05, 0.1) is 24.3 Å². The summed E-state index contributed by atoms with van der Waals surface area (Å²) < 4.78 is 24.5. The van der Waals surface area contributed by atoms with Gasteiger partial charge in [0.2, 0.25) is 0 Å². The Morgan fingerprint density at radius 3 is 1.80 bits per heavy atom. The van der Waals surface area contributed by atoms with E-state index in [-0.39, 0.29) is 29.4 Å². The van der Waals surface area contributed by atoms with Gasteiger partial charge in [0.15, 0.2) is 0 Å². The lowest BCUT2D eigenvalue weighted by atomic mass is 9.83. The Morgan fingerprint density at radius 2 is 1.18 bits per heavy atom. The van der Waals surface area contributed by atoms with E-state index in [4.69, 9.17) is 18.9 Å². The van der Waals surface area contributed by atoms with Gasteiger partial charge in [-0.05, 0) is 80.0 Å². The first-order valence-corrected chi connectivity index (χ1v) is 19.9. The normalized spacial score (nSPS) is 16.7. The van der Waals surface area contributed by atoms with E-state index < -0.39 is 23.1 Å². The minimum atomic E-state index is -0.889. The van der Waals surface area contributed by atoms with Gasteiger partial charge in [-0.3, -0.25) is 4.79 Å². The number of carbonyl (C=O) groups excluding carboxylic acids is 3. The number of rotatable bonds is 17. The number of hydrogen-bond donors (Lipinski definition) is 2. The van der Waals surface area contributed by atoms with Crippen LogP contribution in [0.4, 0.5) is 0 Å². The highest BCUT2D eigenvalue weighted by molar-refractivity contribution is 6.03. The number of ether oxygens (including phenoxy) is 4. The van der Waals surface area contributed by atoms with Crippen molar-refractivity contribution in [3.05, 3.63) is 137 Å². The second kappa shape index (κ2) is 19.6. The number of hydrogen-bond acceptors (Lipinski definition) is 9. The maximum atomic E-state index is 13.9. The molecule has 290 valence electrons. The smallest absolute Gasteiger partial charge is 0.339 e. The van der Waals surface area contributed by atoms with Gasteiger partial charge in [0.25, 0.3) is 0 Å². The third-order valence-electron chi connectivity index (χ3n) is 10.9. The fourth-order valence-electron chi connectivity index (χ4n) is 7.65. The zero-order valence-electron chi connectivity index (χ0n) is 31.9. The van der Waals surface area contributed by atoms with Gasteiger partial charge >= 0.3 is 17.9 Å². The molecule has 0 aromatic heterocycles. The number of benzene rings is 4. The van der Waals surface area contributed by atoms with Crippen LogP contribution < -0.4 is 15.4 Å². The molecule has 2 N–H and O–H groups in total. The quantitative estimate of drug-likeness (QED) is 0.0627. The minimum Gasteiger partial charge on any atom is -0.493 e. The minimum absolute atomic E-state index is 0.107. The Kier molecular flexibility index (Phi) is 14.1. The molecule has 2 saturated heterocycles. The Bertz CT molecular complexity index is 1820. The molecule has 9 heteroatoms. The van der Waals surface area contributed by atoms with Crippen LogP contribution in [-0.2, 0) is 30.2 Å². The van der Waals surface area contributed by atoms with Crippen LogP contribution in [0.25, 0.3) is 0 Å². The summed E-state index contributed by atoms with van der Waals surface area (Å²) in [4.78, 5) is 40.5. The summed E-state index contributed by atoms with van der Waals surface area (Å²) in [6.07, 6.45) is 6.12. The first-order chi connectivity index (χ1) is 26.9. The van der Waals surface area contributed by atoms with Crippen LogP contribution in [0, 0.1) is 0 Å². The fourth-order valence-corrected chi connectivity index (χ4v) is 7.65. The molecule has 0 spiro atoms. The molecular formula is C46H54N2O7. The van der Waals surface area contributed by atoms with Gasteiger partial charge in [0, 0.05) is 38.0 Å². The molecule has 2 fully saturated rings. The molecule has 2 aliphatic heterocycles. The van der Waals surface area contributed by atoms with Crippen molar-refractivity contribution in [3.63, 3.8) is 0 Å². The summed E-state index contributed by atoms with van der Waals surface area (Å²) in [6, 6.07) is 34.6. The van der Waals surface area contributed by atoms with Crippen molar-refractivity contribution >= 4 is 17.9 Å². The van der Waals surface area contributed by atoms with Crippen LogP contribution in [0.5, 0.6) is 5.75 Å². The van der Waals surface area contributed by atoms with Crippen LogP contribution in [0.2, 0.25) is 0 Å². The largest absolute Gasteiger partial charge is 0.493 e. The van der Waals surface area contributed by atoms with E-state index in [2.05, 4.69) is 29.7 Å². The van der Waals surface area contributed by atoms with E-state index in [0.717, 1.165) is 67.6 Å². The number of nitrogens with one attached hydrogen (secondary N) is 2. The first kappa shape index (κ1) is 39.7. The molecule has 0 aliphatic carbocycles. The molecule has 1 atom stereocenters. The van der Waals surface area contributed by atoms with Gasteiger partial charge in [-0.2, -0.15) is 0 Å². The zero-order valence-corrected chi connectivity index (χ0v) is 31.9. The van der Waals surface area contributed by atoms with Crippen LogP contribution in [-0.4, -0.2) is 57.3 Å². The zero-order chi connectivity index (χ0) is 38.4. The van der Waals surface area contributed by atoms with Gasteiger partial charge in [0.1, 0.15) is 17.0 Å². The van der Waals surface area contributed by atoms with Crippen molar-refractivity contribution < 1.29 is 33.3 Å². The molecule has 2 heterocycles. The maximum absolute atomic E-state index is 13.9. The van der Waals surface area contributed by atoms with Gasteiger partial charge in [-0.25, -0.2) is 9.59 Å². The summed E-state index contributed by atoms with van der Waals surface area (Å²) in [5, 5.41) is 6.78. The van der Waals surface area contributed by atoms with Crippen molar-refractivity contribution in [2.45, 2.75) is 81.8 Å². The van der Waals surface area contributed by atoms with E-state index in [1.54, 1.807) is 24.3 Å². The molecule has 0 amide bonds. The Balaban J connectivity index is 1.19. The van der Waals surface area contributed by atoms with Gasteiger partial charge in [-0.15, -0.1) is 0 Å². The molecule has 6 rings (SSSR count). The van der Waals surface area contributed by atoms with E-state index >= 15 is 0 Å². The summed E-state index contributed by atoms with van der Waals surface area (Å²) in [5.74, 6) is -0.648. The highest BCUT2D eigenvalue weighted by atomic mass is 16.6. The lowest BCUT2D eigenvalue weighted by Gasteiger charge is -2.38.